The number of carbonyl (C=O) groups is 2. The average molecular weight is 387 g/mol. The van der Waals surface area contributed by atoms with E-state index in [0.29, 0.717) is 24.1 Å². The van der Waals surface area contributed by atoms with Gasteiger partial charge in [-0.25, -0.2) is 13.2 Å². The minimum atomic E-state index is -3.83. The molecule has 27 heavy (non-hydrogen) atoms. The van der Waals surface area contributed by atoms with Crippen LogP contribution < -0.4 is 5.32 Å². The molecule has 1 N–H and O–H groups in total. The number of rotatable bonds is 5. The fraction of sp³-hybridized carbons (Fsp3) is 0.300. The molecule has 1 fully saturated rings. The second-order valence-electron chi connectivity index (χ2n) is 6.54. The Morgan fingerprint density at radius 1 is 0.963 bits per heavy atom. The number of anilines is 1. The Morgan fingerprint density at radius 2 is 1.56 bits per heavy atom. The van der Waals surface area contributed by atoms with Gasteiger partial charge in [0, 0.05) is 5.69 Å². The molecular weight excluding hydrogens is 366 g/mol. The Kier molecular flexibility index (Phi) is 5.32. The van der Waals surface area contributed by atoms with E-state index in [0.717, 1.165) is 0 Å². The van der Waals surface area contributed by atoms with Crippen LogP contribution in [0.3, 0.4) is 0 Å². The van der Waals surface area contributed by atoms with Gasteiger partial charge in [-0.1, -0.05) is 31.0 Å². The van der Waals surface area contributed by atoms with Gasteiger partial charge in [-0.3, -0.25) is 4.79 Å². The zero-order valence-electron chi connectivity index (χ0n) is 15.0. The summed E-state index contributed by atoms with van der Waals surface area (Å²) in [6.45, 7) is 0. The Balaban J connectivity index is 1.89. The molecule has 1 saturated carbocycles. The molecule has 1 aliphatic rings. The van der Waals surface area contributed by atoms with Gasteiger partial charge >= 0.3 is 5.97 Å². The lowest BCUT2D eigenvalue weighted by atomic mass is 10.1. The SMILES string of the molecule is COC(=O)c1ccc(NC(=O)C2(S(=O)(=O)c3ccccc3)CCCC2)cc1. The van der Waals surface area contributed by atoms with Gasteiger partial charge in [-0.2, -0.15) is 0 Å². The van der Waals surface area contributed by atoms with E-state index in [1.165, 1.54) is 31.4 Å². The molecule has 0 aromatic heterocycles. The highest BCUT2D eigenvalue weighted by Crippen LogP contribution is 2.41. The largest absolute Gasteiger partial charge is 0.465 e. The van der Waals surface area contributed by atoms with Crippen LogP contribution in [0.2, 0.25) is 0 Å². The number of methoxy groups -OCH3 is 1. The van der Waals surface area contributed by atoms with Crippen molar-refractivity contribution in [3.8, 4) is 0 Å². The number of carbonyl (C=O) groups excluding carboxylic acids is 2. The zero-order chi connectivity index (χ0) is 19.5. The summed E-state index contributed by atoms with van der Waals surface area (Å²) in [7, 11) is -2.54. The van der Waals surface area contributed by atoms with Crippen molar-refractivity contribution < 1.29 is 22.7 Å². The van der Waals surface area contributed by atoms with E-state index in [1.807, 2.05) is 0 Å². The Hall–Kier alpha value is -2.67. The normalized spacial score (nSPS) is 15.9. The lowest BCUT2D eigenvalue weighted by Crippen LogP contribution is -2.47. The van der Waals surface area contributed by atoms with Crippen molar-refractivity contribution in [3.63, 3.8) is 0 Å². The van der Waals surface area contributed by atoms with E-state index < -0.39 is 26.5 Å². The van der Waals surface area contributed by atoms with Crippen LogP contribution in [0.1, 0.15) is 36.0 Å². The third-order valence-electron chi connectivity index (χ3n) is 4.96. The first-order chi connectivity index (χ1) is 12.9. The molecule has 1 amide bonds. The Morgan fingerprint density at radius 3 is 2.11 bits per heavy atom. The minimum absolute atomic E-state index is 0.156. The third-order valence-corrected chi connectivity index (χ3v) is 7.47. The van der Waals surface area contributed by atoms with E-state index in [-0.39, 0.29) is 17.7 Å². The van der Waals surface area contributed by atoms with Crippen molar-refractivity contribution in [3.05, 3.63) is 60.2 Å². The first-order valence-electron chi connectivity index (χ1n) is 8.70. The van der Waals surface area contributed by atoms with E-state index in [1.54, 1.807) is 30.3 Å². The van der Waals surface area contributed by atoms with E-state index in [2.05, 4.69) is 10.1 Å². The standard InChI is InChI=1S/C20H21NO5S/c1-26-18(22)15-9-11-16(12-10-15)21-19(23)20(13-5-6-14-20)27(24,25)17-7-3-2-4-8-17/h2-4,7-12H,5-6,13-14H2,1H3,(H,21,23). The van der Waals surface area contributed by atoms with Crippen LogP contribution in [-0.2, 0) is 19.4 Å². The molecule has 3 rings (SSSR count). The second-order valence-corrected chi connectivity index (χ2v) is 8.80. The number of nitrogens with one attached hydrogen (secondary N) is 1. The first-order valence-corrected chi connectivity index (χ1v) is 10.2. The molecular formula is C20H21NO5S. The molecule has 0 spiro atoms. The number of amides is 1. The van der Waals surface area contributed by atoms with E-state index in [4.69, 9.17) is 0 Å². The molecule has 0 radical (unpaired) electrons. The molecule has 0 bridgehead atoms. The second kappa shape index (κ2) is 7.52. The first kappa shape index (κ1) is 19.1. The van der Waals surface area contributed by atoms with Crippen molar-refractivity contribution >= 4 is 27.4 Å². The van der Waals surface area contributed by atoms with E-state index >= 15 is 0 Å². The number of hydrogen-bond acceptors (Lipinski definition) is 5. The van der Waals surface area contributed by atoms with Crippen molar-refractivity contribution in [1.29, 1.82) is 0 Å². The summed E-state index contributed by atoms with van der Waals surface area (Å²) in [6, 6.07) is 14.2. The van der Waals surface area contributed by atoms with Crippen LogP contribution in [-0.4, -0.2) is 32.2 Å². The van der Waals surface area contributed by atoms with Crippen molar-refractivity contribution in [1.82, 2.24) is 0 Å². The van der Waals surface area contributed by atoms with Crippen LogP contribution in [0, 0.1) is 0 Å². The maximum Gasteiger partial charge on any atom is 0.337 e. The molecule has 0 atom stereocenters. The Labute approximate surface area is 158 Å². The summed E-state index contributed by atoms with van der Waals surface area (Å²) in [6.07, 6.45) is 1.94. The van der Waals surface area contributed by atoms with Gasteiger partial charge in [0.2, 0.25) is 5.91 Å². The van der Waals surface area contributed by atoms with Crippen LogP contribution in [0.15, 0.2) is 59.5 Å². The fourth-order valence-corrected chi connectivity index (χ4v) is 5.53. The molecule has 0 unspecified atom stereocenters. The maximum absolute atomic E-state index is 13.2. The zero-order valence-corrected chi connectivity index (χ0v) is 15.8. The van der Waals surface area contributed by atoms with Gasteiger partial charge in [0.25, 0.3) is 0 Å². The van der Waals surface area contributed by atoms with Crippen LogP contribution in [0.5, 0.6) is 0 Å². The maximum atomic E-state index is 13.2. The summed E-state index contributed by atoms with van der Waals surface area (Å²) in [5, 5.41) is 2.71. The quantitative estimate of drug-likeness (QED) is 0.796. The molecule has 0 saturated heterocycles. The van der Waals surface area contributed by atoms with Crippen LogP contribution in [0.25, 0.3) is 0 Å². The number of benzene rings is 2. The number of hydrogen-bond donors (Lipinski definition) is 1. The van der Waals surface area contributed by atoms with Crippen molar-refractivity contribution in [2.45, 2.75) is 35.3 Å². The van der Waals surface area contributed by atoms with Gasteiger partial charge in [0.05, 0.1) is 17.6 Å². The number of esters is 1. The predicted octanol–water partition coefficient (Wildman–Crippen LogP) is 3.20. The number of ether oxygens (including phenoxy) is 1. The molecule has 0 aliphatic heterocycles. The highest BCUT2D eigenvalue weighted by Gasteiger charge is 2.52. The molecule has 6 nitrogen and oxygen atoms in total. The van der Waals surface area contributed by atoms with E-state index in [9.17, 15) is 18.0 Å². The van der Waals surface area contributed by atoms with Crippen molar-refractivity contribution in [2.75, 3.05) is 12.4 Å². The smallest absolute Gasteiger partial charge is 0.337 e. The molecule has 7 heteroatoms. The van der Waals surface area contributed by atoms with Gasteiger partial charge in [0.1, 0.15) is 0 Å². The van der Waals surface area contributed by atoms with Crippen LogP contribution in [0.4, 0.5) is 5.69 Å². The fourth-order valence-electron chi connectivity index (χ4n) is 3.44. The predicted molar refractivity (Wildman–Crippen MR) is 101 cm³/mol. The van der Waals surface area contributed by atoms with Gasteiger partial charge in [-0.05, 0) is 49.2 Å². The highest BCUT2D eigenvalue weighted by atomic mass is 32.2. The summed E-state index contributed by atoms with van der Waals surface area (Å²) >= 11 is 0. The van der Waals surface area contributed by atoms with Crippen LogP contribution >= 0.6 is 0 Å². The molecule has 1 aliphatic carbocycles. The summed E-state index contributed by atoms with van der Waals surface area (Å²) in [5.41, 5.74) is 0.783. The Bertz CT molecular complexity index is 930. The summed E-state index contributed by atoms with van der Waals surface area (Å²) in [4.78, 5) is 24.7. The lowest BCUT2D eigenvalue weighted by molar-refractivity contribution is -0.118. The molecule has 2 aromatic carbocycles. The number of sulfone groups is 1. The topological polar surface area (TPSA) is 89.5 Å². The summed E-state index contributed by atoms with van der Waals surface area (Å²) in [5.74, 6) is -1.01. The molecule has 142 valence electrons. The highest BCUT2D eigenvalue weighted by molar-refractivity contribution is 7.93. The molecule has 0 heterocycles. The third kappa shape index (κ3) is 3.47. The van der Waals surface area contributed by atoms with Crippen molar-refractivity contribution in [2.24, 2.45) is 0 Å². The minimum Gasteiger partial charge on any atom is -0.465 e. The monoisotopic (exact) mass is 387 g/mol. The van der Waals surface area contributed by atoms with Gasteiger partial charge in [0.15, 0.2) is 14.6 Å². The average Bonchev–Trinajstić information content (AvgIpc) is 3.20. The molecule has 2 aromatic rings. The summed E-state index contributed by atoms with van der Waals surface area (Å²) < 4.78 is 29.7. The lowest BCUT2D eigenvalue weighted by Gasteiger charge is -2.27. The van der Waals surface area contributed by atoms with Gasteiger partial charge < -0.3 is 10.1 Å². The van der Waals surface area contributed by atoms with Gasteiger partial charge in [-0.15, -0.1) is 0 Å².